The molecule has 8 nitrogen and oxygen atoms in total. The van der Waals surface area contributed by atoms with Crippen molar-refractivity contribution in [2.75, 3.05) is 12.4 Å². The first-order valence-corrected chi connectivity index (χ1v) is 11.0. The van der Waals surface area contributed by atoms with Gasteiger partial charge in [-0.2, -0.15) is 0 Å². The van der Waals surface area contributed by atoms with Crippen LogP contribution in [-0.2, 0) is 6.54 Å². The van der Waals surface area contributed by atoms with E-state index in [9.17, 15) is 13.2 Å². The summed E-state index contributed by atoms with van der Waals surface area (Å²) in [5.41, 5.74) is 1.40. The van der Waals surface area contributed by atoms with Crippen LogP contribution in [-0.4, -0.2) is 36.6 Å². The molecule has 0 fully saturated rings. The van der Waals surface area contributed by atoms with Crippen molar-refractivity contribution in [3.63, 3.8) is 0 Å². The van der Waals surface area contributed by atoms with E-state index in [1.54, 1.807) is 18.0 Å². The zero-order valence-corrected chi connectivity index (χ0v) is 19.4. The minimum Gasteiger partial charge on any atom is -0.497 e. The van der Waals surface area contributed by atoms with Crippen molar-refractivity contribution in [1.82, 2.24) is 29.5 Å². The summed E-state index contributed by atoms with van der Waals surface area (Å²) in [7, 11) is 1.58. The van der Waals surface area contributed by atoms with Crippen LogP contribution in [0.15, 0.2) is 61.1 Å². The van der Waals surface area contributed by atoms with Gasteiger partial charge in [0.05, 0.1) is 25.7 Å². The fourth-order valence-corrected chi connectivity index (χ4v) is 3.69. The number of hydrogen-bond acceptors (Lipinski definition) is 7. The summed E-state index contributed by atoms with van der Waals surface area (Å²) in [6, 6.07) is 13.0. The van der Waals surface area contributed by atoms with E-state index in [2.05, 4.69) is 30.2 Å². The Morgan fingerprint density at radius 3 is 2.58 bits per heavy atom. The number of nitrogens with one attached hydrogen (secondary N) is 1. The highest BCUT2D eigenvalue weighted by molar-refractivity contribution is 6.29. The molecule has 5 rings (SSSR count). The molecule has 1 aromatic carbocycles. The van der Waals surface area contributed by atoms with E-state index in [4.69, 9.17) is 16.3 Å². The number of benzene rings is 1. The summed E-state index contributed by atoms with van der Waals surface area (Å²) in [5, 5.41) is 2.56. The van der Waals surface area contributed by atoms with Gasteiger partial charge in [0, 0.05) is 6.20 Å². The van der Waals surface area contributed by atoms with Crippen LogP contribution in [0.4, 0.5) is 24.7 Å². The lowest BCUT2D eigenvalue weighted by Gasteiger charge is -2.11. The van der Waals surface area contributed by atoms with Crippen LogP contribution in [0.5, 0.6) is 5.75 Å². The van der Waals surface area contributed by atoms with Crippen molar-refractivity contribution >= 4 is 34.3 Å². The third kappa shape index (κ3) is 4.65. The smallest absolute Gasteiger partial charge is 0.280 e. The van der Waals surface area contributed by atoms with Gasteiger partial charge >= 0.3 is 0 Å². The van der Waals surface area contributed by atoms with Crippen molar-refractivity contribution in [3.05, 3.63) is 83.3 Å². The molecule has 36 heavy (non-hydrogen) atoms. The van der Waals surface area contributed by atoms with E-state index in [-0.39, 0.29) is 28.2 Å². The topological polar surface area (TPSA) is 90.6 Å². The van der Waals surface area contributed by atoms with E-state index in [1.165, 1.54) is 30.5 Å². The number of imidazole rings is 1. The number of pyridine rings is 2. The van der Waals surface area contributed by atoms with Crippen molar-refractivity contribution in [2.45, 2.75) is 13.0 Å². The van der Waals surface area contributed by atoms with Gasteiger partial charge < -0.3 is 14.6 Å². The van der Waals surface area contributed by atoms with Crippen molar-refractivity contribution in [2.24, 2.45) is 0 Å². The summed E-state index contributed by atoms with van der Waals surface area (Å²) in [4.78, 5) is 21.1. The number of nitrogens with zero attached hydrogens (tertiary/aromatic N) is 6. The van der Waals surface area contributed by atoms with Gasteiger partial charge in [0.15, 0.2) is 33.8 Å². The first-order chi connectivity index (χ1) is 17.4. The van der Waals surface area contributed by atoms with Crippen LogP contribution in [0.2, 0.25) is 5.15 Å². The number of ether oxygens (including phenoxy) is 1. The Morgan fingerprint density at radius 1 is 1.03 bits per heavy atom. The molecule has 0 bridgehead atoms. The lowest BCUT2D eigenvalue weighted by Crippen LogP contribution is -2.05. The first-order valence-electron chi connectivity index (χ1n) is 10.6. The van der Waals surface area contributed by atoms with Crippen LogP contribution in [0, 0.1) is 5.82 Å². The van der Waals surface area contributed by atoms with E-state index < -0.39 is 17.9 Å². The van der Waals surface area contributed by atoms with E-state index in [0.29, 0.717) is 23.5 Å². The largest absolute Gasteiger partial charge is 0.497 e. The monoisotopic (exact) mass is 511 g/mol. The summed E-state index contributed by atoms with van der Waals surface area (Å²) in [6.07, 6.45) is 0.139. The van der Waals surface area contributed by atoms with E-state index >= 15 is 0 Å². The Hall–Kier alpha value is -4.25. The standard InChI is InChI=1S/C24H17ClF3N7O/c1-36-14-7-5-13(6-8-14)11-35-12-30-19-23(32-15-9-10-29-20(25)18(15)26)33-22(34-24(19)35)17-4-2-3-16(31-17)21(27)28/h2-10,12,21H,11H2,1H3,(H,29,32,33,34). The molecule has 0 atom stereocenters. The molecule has 4 aromatic heterocycles. The number of alkyl halides is 2. The molecule has 1 N–H and O–H groups in total. The third-order valence-electron chi connectivity index (χ3n) is 5.30. The van der Waals surface area contributed by atoms with Gasteiger partial charge in [-0.3, -0.25) is 0 Å². The maximum absolute atomic E-state index is 14.6. The van der Waals surface area contributed by atoms with Gasteiger partial charge in [0.25, 0.3) is 6.43 Å². The Labute approximate surface area is 207 Å². The fraction of sp³-hybridized carbons (Fsp3) is 0.125. The SMILES string of the molecule is COc1ccc(Cn2cnc3c(Nc4ccnc(Cl)c4F)nc(-c4cccc(C(F)F)n4)nc32)cc1. The normalized spacial score (nSPS) is 11.3. The molecule has 12 heteroatoms. The molecule has 0 amide bonds. The van der Waals surface area contributed by atoms with Gasteiger partial charge in [-0.05, 0) is 35.9 Å². The van der Waals surface area contributed by atoms with Crippen molar-refractivity contribution < 1.29 is 17.9 Å². The van der Waals surface area contributed by atoms with E-state index in [0.717, 1.165) is 5.56 Å². The molecular formula is C24H17ClF3N7O. The average Bonchev–Trinajstić information content (AvgIpc) is 3.30. The number of fused-ring (bicyclic) bond motifs is 1. The fourth-order valence-electron chi connectivity index (χ4n) is 3.53. The number of halogens is 4. The number of methoxy groups -OCH3 is 1. The molecule has 0 saturated carbocycles. The number of aromatic nitrogens is 6. The summed E-state index contributed by atoms with van der Waals surface area (Å²) in [5.74, 6) is 0.148. The zero-order chi connectivity index (χ0) is 25.2. The maximum Gasteiger partial charge on any atom is 0.280 e. The van der Waals surface area contributed by atoms with E-state index in [1.807, 2.05) is 24.3 Å². The van der Waals surface area contributed by atoms with Crippen LogP contribution >= 0.6 is 11.6 Å². The minimum atomic E-state index is -2.76. The maximum atomic E-state index is 14.6. The first kappa shape index (κ1) is 23.5. The Balaban J connectivity index is 1.63. The van der Waals surface area contributed by atoms with Gasteiger partial charge in [-0.1, -0.05) is 29.8 Å². The molecule has 4 heterocycles. The lowest BCUT2D eigenvalue weighted by molar-refractivity contribution is 0.146. The summed E-state index contributed by atoms with van der Waals surface area (Å²) in [6.45, 7) is 0.399. The zero-order valence-electron chi connectivity index (χ0n) is 18.7. The average molecular weight is 512 g/mol. The van der Waals surface area contributed by atoms with Crippen molar-refractivity contribution in [1.29, 1.82) is 0 Å². The molecule has 0 aliphatic rings. The second-order valence-corrected chi connectivity index (χ2v) is 7.98. The lowest BCUT2D eigenvalue weighted by atomic mass is 10.2. The Morgan fingerprint density at radius 2 is 1.83 bits per heavy atom. The van der Waals surface area contributed by atoms with Gasteiger partial charge in [0.2, 0.25) is 0 Å². The minimum absolute atomic E-state index is 0.0138. The Bertz CT molecular complexity index is 1540. The van der Waals surface area contributed by atoms with Crippen LogP contribution < -0.4 is 10.1 Å². The van der Waals surface area contributed by atoms with Crippen LogP contribution in [0.1, 0.15) is 17.7 Å². The molecule has 0 spiro atoms. The predicted molar refractivity (Wildman–Crippen MR) is 128 cm³/mol. The molecule has 0 unspecified atom stereocenters. The molecule has 0 aliphatic carbocycles. The van der Waals surface area contributed by atoms with Gasteiger partial charge in [-0.15, -0.1) is 0 Å². The highest BCUT2D eigenvalue weighted by Crippen LogP contribution is 2.29. The molecule has 0 saturated heterocycles. The van der Waals surface area contributed by atoms with Gasteiger partial charge in [0.1, 0.15) is 17.1 Å². The third-order valence-corrected chi connectivity index (χ3v) is 5.56. The van der Waals surface area contributed by atoms with Crippen molar-refractivity contribution in [3.8, 4) is 17.3 Å². The Kier molecular flexibility index (Phi) is 6.38. The molecule has 182 valence electrons. The number of anilines is 2. The molecule has 0 radical (unpaired) electrons. The second-order valence-electron chi connectivity index (χ2n) is 7.63. The van der Waals surface area contributed by atoms with Crippen LogP contribution in [0.3, 0.4) is 0 Å². The van der Waals surface area contributed by atoms with Gasteiger partial charge in [-0.25, -0.2) is 38.1 Å². The predicted octanol–water partition coefficient (Wildman–Crippen LogP) is 5.81. The number of hydrogen-bond donors (Lipinski definition) is 1. The quantitative estimate of drug-likeness (QED) is 0.275. The molecular weight excluding hydrogens is 495 g/mol. The van der Waals surface area contributed by atoms with Crippen LogP contribution in [0.25, 0.3) is 22.7 Å². The number of rotatable bonds is 7. The summed E-state index contributed by atoms with van der Waals surface area (Å²) >= 11 is 5.82. The highest BCUT2D eigenvalue weighted by atomic mass is 35.5. The highest BCUT2D eigenvalue weighted by Gasteiger charge is 2.19. The summed E-state index contributed by atoms with van der Waals surface area (Å²) < 4.78 is 48.1. The molecule has 0 aliphatic heterocycles. The second kappa shape index (κ2) is 9.78. The molecule has 5 aromatic rings.